The van der Waals surface area contributed by atoms with Crippen molar-refractivity contribution < 1.29 is 28.2 Å². The van der Waals surface area contributed by atoms with Crippen molar-refractivity contribution in [3.63, 3.8) is 0 Å². The Labute approximate surface area is 218 Å². The van der Waals surface area contributed by atoms with E-state index in [2.05, 4.69) is 5.32 Å². The number of carbonyl (C=O) groups excluding carboxylic acids is 3. The van der Waals surface area contributed by atoms with Crippen LogP contribution in [0.1, 0.15) is 22.3 Å². The van der Waals surface area contributed by atoms with Gasteiger partial charge in [-0.25, -0.2) is 4.39 Å². The molecule has 7 nitrogen and oxygen atoms in total. The number of carbonyl (C=O) groups is 3. The Morgan fingerprint density at radius 3 is 2.38 bits per heavy atom. The molecule has 190 valence electrons. The van der Waals surface area contributed by atoms with Crippen molar-refractivity contribution in [3.8, 4) is 11.5 Å². The summed E-state index contributed by atoms with van der Waals surface area (Å²) in [5.41, 5.74) is 4.01. The number of methoxy groups -OCH3 is 1. The van der Waals surface area contributed by atoms with E-state index in [1.54, 1.807) is 36.4 Å². The van der Waals surface area contributed by atoms with E-state index in [-0.39, 0.29) is 23.9 Å². The quantitative estimate of drug-likeness (QED) is 0.383. The number of rotatable bonds is 8. The number of nitrogens with zero attached hydrogens (tertiary/aromatic N) is 1. The molecule has 0 saturated carbocycles. The van der Waals surface area contributed by atoms with Crippen LogP contribution in [-0.4, -0.2) is 35.6 Å². The van der Waals surface area contributed by atoms with E-state index in [4.69, 9.17) is 9.47 Å². The predicted octanol–water partition coefficient (Wildman–Crippen LogP) is 5.71. The first-order chi connectivity index (χ1) is 17.7. The van der Waals surface area contributed by atoms with E-state index in [9.17, 15) is 18.8 Å². The Bertz CT molecular complexity index is 1370. The molecule has 0 unspecified atom stereocenters. The predicted molar refractivity (Wildman–Crippen MR) is 141 cm³/mol. The minimum atomic E-state index is -0.541. The van der Waals surface area contributed by atoms with Crippen LogP contribution < -0.4 is 14.8 Å². The molecule has 0 bridgehead atoms. The maximum Gasteiger partial charge on any atom is 0.294 e. The Morgan fingerprint density at radius 1 is 1.00 bits per heavy atom. The molecule has 1 heterocycles. The highest BCUT2D eigenvalue weighted by atomic mass is 32.2. The van der Waals surface area contributed by atoms with Gasteiger partial charge in [-0.15, -0.1) is 0 Å². The van der Waals surface area contributed by atoms with Gasteiger partial charge in [0.1, 0.15) is 19.0 Å². The standard InChI is InChI=1S/C28H25FN2O5S/c1-17-10-18(2)12-22(11-17)30-26(32)15-31-27(33)25(37-28(31)34)14-20-6-9-23(24(13-20)35-3)36-16-19-4-7-21(29)8-5-19/h4-14H,15-16H2,1-3H3,(H,30,32)/b25-14-. The number of halogens is 1. The highest BCUT2D eigenvalue weighted by Gasteiger charge is 2.36. The molecular weight excluding hydrogens is 495 g/mol. The second-order valence-corrected chi connectivity index (χ2v) is 9.51. The molecule has 4 rings (SSSR count). The van der Waals surface area contributed by atoms with Gasteiger partial charge in [-0.1, -0.05) is 24.3 Å². The average molecular weight is 521 g/mol. The molecule has 1 aliphatic heterocycles. The van der Waals surface area contributed by atoms with Crippen molar-refractivity contribution in [1.29, 1.82) is 0 Å². The summed E-state index contributed by atoms with van der Waals surface area (Å²) in [6.07, 6.45) is 1.57. The lowest BCUT2D eigenvalue weighted by molar-refractivity contribution is -0.127. The normalized spacial score (nSPS) is 14.3. The molecule has 0 aliphatic carbocycles. The van der Waals surface area contributed by atoms with Gasteiger partial charge < -0.3 is 14.8 Å². The van der Waals surface area contributed by atoms with Gasteiger partial charge in [-0.3, -0.25) is 19.3 Å². The van der Waals surface area contributed by atoms with E-state index >= 15 is 0 Å². The first-order valence-corrected chi connectivity index (χ1v) is 12.2. The average Bonchev–Trinajstić information content (AvgIpc) is 3.10. The van der Waals surface area contributed by atoms with Crippen molar-refractivity contribution in [2.45, 2.75) is 20.5 Å². The molecule has 3 aromatic rings. The Kier molecular flexibility index (Phi) is 7.93. The maximum absolute atomic E-state index is 13.1. The van der Waals surface area contributed by atoms with E-state index in [1.807, 2.05) is 32.0 Å². The SMILES string of the molecule is COc1cc(/C=C2\SC(=O)N(CC(=O)Nc3cc(C)cc(C)c3)C2=O)ccc1OCc1ccc(F)cc1. The molecule has 1 N–H and O–H groups in total. The second kappa shape index (κ2) is 11.3. The van der Waals surface area contributed by atoms with Gasteiger partial charge in [0, 0.05) is 5.69 Å². The third-order valence-electron chi connectivity index (χ3n) is 5.47. The summed E-state index contributed by atoms with van der Waals surface area (Å²) < 4.78 is 24.3. The monoisotopic (exact) mass is 520 g/mol. The molecule has 1 saturated heterocycles. The fourth-order valence-corrected chi connectivity index (χ4v) is 4.65. The second-order valence-electron chi connectivity index (χ2n) is 8.52. The third-order valence-corrected chi connectivity index (χ3v) is 6.38. The number of amides is 3. The molecule has 9 heteroatoms. The number of nitrogens with one attached hydrogen (secondary N) is 1. The lowest BCUT2D eigenvalue weighted by Crippen LogP contribution is -2.36. The van der Waals surface area contributed by atoms with Crippen LogP contribution >= 0.6 is 11.8 Å². The molecule has 0 aromatic heterocycles. The van der Waals surface area contributed by atoms with E-state index in [0.717, 1.165) is 33.4 Å². The van der Waals surface area contributed by atoms with Crippen LogP contribution in [0.4, 0.5) is 14.9 Å². The molecule has 1 fully saturated rings. The first-order valence-electron chi connectivity index (χ1n) is 11.4. The summed E-state index contributed by atoms with van der Waals surface area (Å²) in [6.45, 7) is 3.68. The Hall–Kier alpha value is -4.11. The highest BCUT2D eigenvalue weighted by molar-refractivity contribution is 8.18. The number of imide groups is 1. The summed E-state index contributed by atoms with van der Waals surface area (Å²) >= 11 is 0.772. The largest absolute Gasteiger partial charge is 0.493 e. The zero-order valence-corrected chi connectivity index (χ0v) is 21.4. The maximum atomic E-state index is 13.1. The van der Waals surface area contributed by atoms with Crippen LogP contribution in [-0.2, 0) is 16.2 Å². The number of thioether (sulfide) groups is 1. The number of hydrogen-bond donors (Lipinski definition) is 1. The molecule has 0 atom stereocenters. The summed E-state index contributed by atoms with van der Waals surface area (Å²) in [5.74, 6) is -0.417. The van der Waals surface area contributed by atoms with Gasteiger partial charge in [0.15, 0.2) is 11.5 Å². The van der Waals surface area contributed by atoms with Crippen molar-refractivity contribution >= 4 is 40.6 Å². The summed E-state index contributed by atoms with van der Waals surface area (Å²) in [4.78, 5) is 39.0. The van der Waals surface area contributed by atoms with Gasteiger partial charge in [0.2, 0.25) is 5.91 Å². The molecule has 0 spiro atoms. The van der Waals surface area contributed by atoms with Crippen molar-refractivity contribution in [2.75, 3.05) is 19.0 Å². The van der Waals surface area contributed by atoms with Crippen molar-refractivity contribution in [3.05, 3.63) is 93.6 Å². The first kappa shape index (κ1) is 26.0. The minimum Gasteiger partial charge on any atom is -0.493 e. The smallest absolute Gasteiger partial charge is 0.294 e. The van der Waals surface area contributed by atoms with Crippen LogP contribution in [0, 0.1) is 19.7 Å². The zero-order chi connectivity index (χ0) is 26.5. The Balaban J connectivity index is 1.42. The van der Waals surface area contributed by atoms with E-state index in [1.165, 1.54) is 19.2 Å². The van der Waals surface area contributed by atoms with Crippen LogP contribution in [0.25, 0.3) is 6.08 Å². The molecular formula is C28H25FN2O5S. The number of aryl methyl sites for hydroxylation is 2. The van der Waals surface area contributed by atoms with Gasteiger partial charge in [-0.2, -0.15) is 0 Å². The topological polar surface area (TPSA) is 84.9 Å². The summed E-state index contributed by atoms with van der Waals surface area (Å²) in [6, 6.07) is 16.7. The Morgan fingerprint density at radius 2 is 1.70 bits per heavy atom. The number of hydrogen-bond acceptors (Lipinski definition) is 6. The van der Waals surface area contributed by atoms with Gasteiger partial charge in [0.05, 0.1) is 12.0 Å². The fourth-order valence-electron chi connectivity index (χ4n) is 3.81. The van der Waals surface area contributed by atoms with Gasteiger partial charge in [0.25, 0.3) is 11.1 Å². The lowest BCUT2D eigenvalue weighted by Gasteiger charge is -2.13. The van der Waals surface area contributed by atoms with Crippen LogP contribution in [0.15, 0.2) is 65.6 Å². The lowest BCUT2D eigenvalue weighted by atomic mass is 10.1. The van der Waals surface area contributed by atoms with Crippen LogP contribution in [0.3, 0.4) is 0 Å². The fraction of sp³-hybridized carbons (Fsp3) is 0.179. The summed E-state index contributed by atoms with van der Waals surface area (Å²) in [5, 5.41) is 2.23. The van der Waals surface area contributed by atoms with Crippen LogP contribution in [0.5, 0.6) is 11.5 Å². The molecule has 1 aliphatic rings. The van der Waals surface area contributed by atoms with Crippen LogP contribution in [0.2, 0.25) is 0 Å². The zero-order valence-electron chi connectivity index (χ0n) is 20.5. The number of ether oxygens (including phenoxy) is 2. The highest BCUT2D eigenvalue weighted by Crippen LogP contribution is 2.34. The third kappa shape index (κ3) is 6.56. The number of benzene rings is 3. The minimum absolute atomic E-state index is 0.200. The molecule has 3 aromatic carbocycles. The molecule has 0 radical (unpaired) electrons. The summed E-state index contributed by atoms with van der Waals surface area (Å²) in [7, 11) is 1.49. The van der Waals surface area contributed by atoms with Crippen molar-refractivity contribution in [2.24, 2.45) is 0 Å². The molecule has 37 heavy (non-hydrogen) atoms. The van der Waals surface area contributed by atoms with E-state index in [0.29, 0.717) is 22.7 Å². The van der Waals surface area contributed by atoms with Crippen molar-refractivity contribution in [1.82, 2.24) is 4.90 Å². The number of anilines is 1. The van der Waals surface area contributed by atoms with Gasteiger partial charge in [-0.05, 0) is 90.3 Å². The van der Waals surface area contributed by atoms with E-state index < -0.39 is 17.1 Å². The van der Waals surface area contributed by atoms with Gasteiger partial charge >= 0.3 is 0 Å². The molecule has 3 amide bonds.